The zero-order valence-electron chi connectivity index (χ0n) is 17.0. The number of nitrogens with one attached hydrogen (secondary N) is 1. The molecular formula is C19H28N4O4S. The van der Waals surface area contributed by atoms with Gasteiger partial charge in [0, 0.05) is 33.6 Å². The Morgan fingerprint density at radius 2 is 1.82 bits per heavy atom. The van der Waals surface area contributed by atoms with Gasteiger partial charge in [0.15, 0.2) is 0 Å². The Balaban J connectivity index is 2.09. The minimum atomic E-state index is -3.81. The first-order valence-electron chi connectivity index (χ1n) is 9.30. The predicted molar refractivity (Wildman–Crippen MR) is 107 cm³/mol. The van der Waals surface area contributed by atoms with Crippen LogP contribution in [0.3, 0.4) is 0 Å². The van der Waals surface area contributed by atoms with Gasteiger partial charge >= 0.3 is 6.03 Å². The summed E-state index contributed by atoms with van der Waals surface area (Å²) in [4.78, 5) is 30.5. The first-order valence-corrected chi connectivity index (χ1v) is 10.8. The number of hydrogen-bond acceptors (Lipinski definition) is 4. The minimum Gasteiger partial charge on any atom is -0.331 e. The molecule has 0 saturated carbocycles. The molecule has 1 aromatic rings. The molecule has 1 saturated heterocycles. The molecule has 0 bridgehead atoms. The van der Waals surface area contributed by atoms with Crippen LogP contribution in [-0.4, -0.2) is 69.4 Å². The second-order valence-corrected chi connectivity index (χ2v) is 10.5. The molecule has 9 heteroatoms. The van der Waals surface area contributed by atoms with E-state index in [0.717, 1.165) is 0 Å². The Morgan fingerprint density at radius 1 is 1.18 bits per heavy atom. The van der Waals surface area contributed by atoms with E-state index in [-0.39, 0.29) is 41.8 Å². The van der Waals surface area contributed by atoms with Crippen LogP contribution in [0.15, 0.2) is 29.2 Å². The summed E-state index contributed by atoms with van der Waals surface area (Å²) in [5.74, 6) is -0.145. The molecule has 0 unspecified atom stereocenters. The van der Waals surface area contributed by atoms with Crippen molar-refractivity contribution in [2.45, 2.75) is 44.2 Å². The lowest BCUT2D eigenvalue weighted by atomic mass is 9.91. The van der Waals surface area contributed by atoms with E-state index in [0.29, 0.717) is 5.69 Å². The highest BCUT2D eigenvalue weighted by Crippen LogP contribution is 2.35. The molecule has 0 aromatic heterocycles. The zero-order valence-corrected chi connectivity index (χ0v) is 17.8. The van der Waals surface area contributed by atoms with Crippen molar-refractivity contribution in [3.05, 3.63) is 24.3 Å². The number of benzene rings is 1. The van der Waals surface area contributed by atoms with E-state index >= 15 is 0 Å². The molecule has 3 amide bonds. The first-order chi connectivity index (χ1) is 12.9. The largest absolute Gasteiger partial charge is 0.331 e. The Hall–Kier alpha value is -2.13. The van der Waals surface area contributed by atoms with Gasteiger partial charge in [-0.05, 0) is 17.5 Å². The van der Waals surface area contributed by atoms with Gasteiger partial charge in [-0.25, -0.2) is 17.9 Å². The van der Waals surface area contributed by atoms with Gasteiger partial charge in [-0.2, -0.15) is 0 Å². The molecule has 1 aromatic carbocycles. The molecule has 3 rings (SSSR count). The molecule has 8 nitrogen and oxygen atoms in total. The van der Waals surface area contributed by atoms with Crippen LogP contribution in [0.25, 0.3) is 0 Å². The normalized spacial score (nSPS) is 23.6. The molecule has 154 valence electrons. The lowest BCUT2D eigenvalue weighted by Gasteiger charge is -2.32. The van der Waals surface area contributed by atoms with Crippen LogP contribution in [0.1, 0.15) is 27.2 Å². The predicted octanol–water partition coefficient (Wildman–Crippen LogP) is 1.48. The van der Waals surface area contributed by atoms with Crippen molar-refractivity contribution in [2.75, 3.05) is 32.1 Å². The Labute approximate surface area is 166 Å². The van der Waals surface area contributed by atoms with Crippen LogP contribution in [-0.2, 0) is 14.8 Å². The standard InChI is InChI=1S/C19H28N4O4S/c1-19(2,3)10-17(24)23-14-8-6-7-9-16(14)28(26,27)20-13-11-22(12-15(13)23)18(25)21(4)5/h6-9,13,15,20H,10-12H2,1-5H3/t13-,15+/m1/s1. The fourth-order valence-electron chi connectivity index (χ4n) is 3.79. The number of nitrogens with zero attached hydrogens (tertiary/aromatic N) is 3. The van der Waals surface area contributed by atoms with Gasteiger partial charge in [0.2, 0.25) is 15.9 Å². The Kier molecular flexibility index (Phi) is 5.18. The van der Waals surface area contributed by atoms with E-state index < -0.39 is 22.1 Å². The summed E-state index contributed by atoms with van der Waals surface area (Å²) in [6.45, 7) is 6.40. The summed E-state index contributed by atoms with van der Waals surface area (Å²) in [7, 11) is -0.505. The lowest BCUT2D eigenvalue weighted by molar-refractivity contribution is -0.120. The summed E-state index contributed by atoms with van der Waals surface area (Å²) >= 11 is 0. The Bertz CT molecular complexity index is 891. The van der Waals surface area contributed by atoms with Crippen molar-refractivity contribution in [1.29, 1.82) is 0 Å². The fraction of sp³-hybridized carbons (Fsp3) is 0.579. The third-order valence-corrected chi connectivity index (χ3v) is 6.48. The second-order valence-electron chi connectivity index (χ2n) is 8.85. The summed E-state index contributed by atoms with van der Waals surface area (Å²) in [5.41, 5.74) is 0.119. The quantitative estimate of drug-likeness (QED) is 0.762. The van der Waals surface area contributed by atoms with E-state index in [1.54, 1.807) is 42.1 Å². The molecule has 2 heterocycles. The fourth-order valence-corrected chi connectivity index (χ4v) is 5.24. The molecule has 2 aliphatic rings. The molecular weight excluding hydrogens is 380 g/mol. The highest BCUT2D eigenvalue weighted by Gasteiger charge is 2.47. The van der Waals surface area contributed by atoms with Gasteiger partial charge in [0.25, 0.3) is 0 Å². The maximum atomic E-state index is 13.3. The van der Waals surface area contributed by atoms with Crippen molar-refractivity contribution in [2.24, 2.45) is 5.41 Å². The van der Waals surface area contributed by atoms with E-state index in [1.165, 1.54) is 11.0 Å². The van der Waals surface area contributed by atoms with E-state index in [2.05, 4.69) is 4.72 Å². The average Bonchev–Trinajstić information content (AvgIpc) is 2.92. The molecule has 0 radical (unpaired) electrons. The third-order valence-electron chi connectivity index (χ3n) is 4.94. The van der Waals surface area contributed by atoms with Crippen LogP contribution in [0.5, 0.6) is 0 Å². The number of carbonyl (C=O) groups excluding carboxylic acids is 2. The van der Waals surface area contributed by atoms with Gasteiger partial charge in [-0.1, -0.05) is 32.9 Å². The Morgan fingerprint density at radius 3 is 2.43 bits per heavy atom. The van der Waals surface area contributed by atoms with Gasteiger partial charge in [0.05, 0.1) is 17.8 Å². The van der Waals surface area contributed by atoms with E-state index in [1.807, 2.05) is 20.8 Å². The van der Waals surface area contributed by atoms with Gasteiger partial charge in [0.1, 0.15) is 4.90 Å². The highest BCUT2D eigenvalue weighted by molar-refractivity contribution is 7.89. The number of hydrogen-bond donors (Lipinski definition) is 1. The smallest absolute Gasteiger partial charge is 0.319 e. The molecule has 28 heavy (non-hydrogen) atoms. The van der Waals surface area contributed by atoms with Crippen molar-refractivity contribution in [1.82, 2.24) is 14.5 Å². The number of amides is 3. The SMILES string of the molecule is CN(C)C(=O)N1C[C@H]2NS(=O)(=O)c3ccccc3N(C(=O)CC(C)(C)C)[C@H]2C1. The van der Waals surface area contributed by atoms with Crippen LogP contribution in [0, 0.1) is 5.41 Å². The van der Waals surface area contributed by atoms with Crippen molar-refractivity contribution < 1.29 is 18.0 Å². The average molecular weight is 409 g/mol. The third kappa shape index (κ3) is 3.86. The van der Waals surface area contributed by atoms with Crippen LogP contribution < -0.4 is 9.62 Å². The maximum absolute atomic E-state index is 13.3. The molecule has 0 spiro atoms. The molecule has 1 N–H and O–H groups in total. The van der Waals surface area contributed by atoms with Gasteiger partial charge in [-0.15, -0.1) is 0 Å². The molecule has 2 aliphatic heterocycles. The van der Waals surface area contributed by atoms with Gasteiger partial charge in [-0.3, -0.25) is 4.79 Å². The number of fused-ring (bicyclic) bond motifs is 2. The number of likely N-dealkylation sites (tertiary alicyclic amines) is 1. The minimum absolute atomic E-state index is 0.0946. The van der Waals surface area contributed by atoms with Crippen molar-refractivity contribution in [3.63, 3.8) is 0 Å². The zero-order chi connectivity index (χ0) is 20.9. The number of rotatable bonds is 1. The van der Waals surface area contributed by atoms with Crippen LogP contribution in [0.4, 0.5) is 10.5 Å². The number of sulfonamides is 1. The number of para-hydroxylation sites is 1. The summed E-state index contributed by atoms with van der Waals surface area (Å²) in [6, 6.07) is 5.32. The summed E-state index contributed by atoms with van der Waals surface area (Å²) < 4.78 is 28.6. The van der Waals surface area contributed by atoms with Crippen molar-refractivity contribution in [3.8, 4) is 0 Å². The van der Waals surface area contributed by atoms with Crippen LogP contribution in [0.2, 0.25) is 0 Å². The van der Waals surface area contributed by atoms with Crippen molar-refractivity contribution >= 4 is 27.6 Å². The summed E-state index contributed by atoms with van der Waals surface area (Å²) in [6.07, 6.45) is 0.270. The molecule has 2 atom stereocenters. The van der Waals surface area contributed by atoms with Crippen LogP contribution >= 0.6 is 0 Å². The monoisotopic (exact) mass is 408 g/mol. The van der Waals surface area contributed by atoms with Gasteiger partial charge < -0.3 is 14.7 Å². The molecule has 0 aliphatic carbocycles. The second kappa shape index (κ2) is 7.04. The first kappa shape index (κ1) is 20.6. The lowest BCUT2D eigenvalue weighted by Crippen LogP contribution is -2.51. The van der Waals surface area contributed by atoms with E-state index in [4.69, 9.17) is 0 Å². The summed E-state index contributed by atoms with van der Waals surface area (Å²) in [5, 5.41) is 0. The number of carbonyl (C=O) groups is 2. The number of anilines is 1. The molecule has 1 fully saturated rings. The highest BCUT2D eigenvalue weighted by atomic mass is 32.2. The topological polar surface area (TPSA) is 90.0 Å². The number of urea groups is 1. The maximum Gasteiger partial charge on any atom is 0.319 e. The van der Waals surface area contributed by atoms with E-state index in [9.17, 15) is 18.0 Å².